The molecule has 0 bridgehead atoms. The summed E-state index contributed by atoms with van der Waals surface area (Å²) < 4.78 is 0. The van der Waals surface area contributed by atoms with Gasteiger partial charge in [-0.25, -0.2) is 0 Å². The third-order valence-electron chi connectivity index (χ3n) is 3.15. The predicted octanol–water partition coefficient (Wildman–Crippen LogP) is 1.76. The zero-order valence-corrected chi connectivity index (χ0v) is 13.0. The minimum Gasteiger partial charge on any atom is -0.481 e. The number of rotatable bonds is 8. The fourth-order valence-electron chi connectivity index (χ4n) is 1.90. The van der Waals surface area contributed by atoms with Gasteiger partial charge in [0.2, 0.25) is 0 Å². The van der Waals surface area contributed by atoms with E-state index in [-0.39, 0.29) is 18.2 Å². The van der Waals surface area contributed by atoms with E-state index in [0.717, 1.165) is 12.8 Å². The Kier molecular flexibility index (Phi) is 7.08. The number of nitrogens with one attached hydrogen (secondary N) is 1. The first-order valence-electron chi connectivity index (χ1n) is 7.23. The van der Waals surface area contributed by atoms with Crippen molar-refractivity contribution in [3.05, 3.63) is 35.4 Å². The Hall–Kier alpha value is -2.37. The summed E-state index contributed by atoms with van der Waals surface area (Å²) in [7, 11) is 3.35. The van der Waals surface area contributed by atoms with Crippen LogP contribution in [-0.4, -0.2) is 48.4 Å². The van der Waals surface area contributed by atoms with E-state index in [1.54, 1.807) is 38.4 Å². The second kappa shape index (κ2) is 8.81. The van der Waals surface area contributed by atoms with Crippen molar-refractivity contribution < 1.29 is 19.5 Å². The minimum absolute atomic E-state index is 0.106. The van der Waals surface area contributed by atoms with Crippen LogP contribution in [0.1, 0.15) is 46.4 Å². The largest absolute Gasteiger partial charge is 0.481 e. The van der Waals surface area contributed by atoms with Gasteiger partial charge >= 0.3 is 5.97 Å². The van der Waals surface area contributed by atoms with E-state index in [2.05, 4.69) is 5.32 Å². The van der Waals surface area contributed by atoms with Crippen molar-refractivity contribution >= 4 is 17.8 Å². The number of carboxylic acids is 1. The molecule has 6 nitrogen and oxygen atoms in total. The van der Waals surface area contributed by atoms with Gasteiger partial charge in [0.15, 0.2) is 0 Å². The summed E-state index contributed by atoms with van der Waals surface area (Å²) in [6, 6.07) is 6.50. The highest BCUT2D eigenvalue weighted by atomic mass is 16.4. The molecule has 2 amide bonds. The first kappa shape index (κ1) is 17.7. The third-order valence-corrected chi connectivity index (χ3v) is 3.15. The maximum atomic E-state index is 11.9. The van der Waals surface area contributed by atoms with Crippen LogP contribution in [-0.2, 0) is 4.79 Å². The van der Waals surface area contributed by atoms with Crippen LogP contribution in [0.2, 0.25) is 0 Å². The molecule has 0 heterocycles. The van der Waals surface area contributed by atoms with Crippen LogP contribution in [0.5, 0.6) is 0 Å². The topological polar surface area (TPSA) is 86.7 Å². The van der Waals surface area contributed by atoms with Crippen molar-refractivity contribution in [1.82, 2.24) is 10.2 Å². The molecule has 1 aromatic rings. The average molecular weight is 306 g/mol. The van der Waals surface area contributed by atoms with Gasteiger partial charge in [0, 0.05) is 38.2 Å². The molecule has 0 saturated carbocycles. The van der Waals surface area contributed by atoms with Gasteiger partial charge in [0.05, 0.1) is 0 Å². The Bertz CT molecular complexity index is 523. The molecule has 0 unspecified atom stereocenters. The SMILES string of the molecule is CN(C)C(=O)c1ccc(C(=O)NCCCCCC(=O)O)cc1. The number of benzene rings is 1. The van der Waals surface area contributed by atoms with Crippen LogP contribution in [0.25, 0.3) is 0 Å². The summed E-state index contributed by atoms with van der Waals surface area (Å²) in [6.07, 6.45) is 2.29. The lowest BCUT2D eigenvalue weighted by Crippen LogP contribution is -2.25. The highest BCUT2D eigenvalue weighted by Gasteiger charge is 2.09. The molecule has 0 aliphatic heterocycles. The van der Waals surface area contributed by atoms with E-state index in [9.17, 15) is 14.4 Å². The van der Waals surface area contributed by atoms with Gasteiger partial charge in [-0.2, -0.15) is 0 Å². The minimum atomic E-state index is -0.795. The van der Waals surface area contributed by atoms with E-state index in [0.29, 0.717) is 24.1 Å². The van der Waals surface area contributed by atoms with E-state index in [4.69, 9.17) is 5.11 Å². The van der Waals surface area contributed by atoms with Crippen LogP contribution in [0, 0.1) is 0 Å². The molecule has 1 aromatic carbocycles. The number of carbonyl (C=O) groups is 3. The lowest BCUT2D eigenvalue weighted by atomic mass is 10.1. The summed E-state index contributed by atoms with van der Waals surface area (Å²) in [5.41, 5.74) is 1.04. The number of amides is 2. The van der Waals surface area contributed by atoms with Crippen LogP contribution < -0.4 is 5.32 Å². The molecule has 0 spiro atoms. The first-order chi connectivity index (χ1) is 10.4. The monoisotopic (exact) mass is 306 g/mol. The average Bonchev–Trinajstić information content (AvgIpc) is 2.49. The molecule has 0 aliphatic carbocycles. The summed E-state index contributed by atoms with van der Waals surface area (Å²) in [5.74, 6) is -1.09. The second-order valence-corrected chi connectivity index (χ2v) is 5.24. The zero-order valence-electron chi connectivity index (χ0n) is 13.0. The lowest BCUT2D eigenvalue weighted by molar-refractivity contribution is -0.137. The van der Waals surface area contributed by atoms with Gasteiger partial charge in [-0.05, 0) is 37.1 Å². The number of unbranched alkanes of at least 4 members (excludes halogenated alkanes) is 2. The summed E-state index contributed by atoms with van der Waals surface area (Å²) >= 11 is 0. The van der Waals surface area contributed by atoms with Crippen molar-refractivity contribution in [3.63, 3.8) is 0 Å². The summed E-state index contributed by atoms with van der Waals surface area (Å²) in [5, 5.41) is 11.3. The van der Waals surface area contributed by atoms with E-state index in [1.165, 1.54) is 4.90 Å². The molecule has 22 heavy (non-hydrogen) atoms. The number of hydrogen-bond donors (Lipinski definition) is 2. The third kappa shape index (κ3) is 5.95. The maximum Gasteiger partial charge on any atom is 0.303 e. The molecular formula is C16H22N2O4. The van der Waals surface area contributed by atoms with Gasteiger partial charge < -0.3 is 15.3 Å². The van der Waals surface area contributed by atoms with E-state index >= 15 is 0 Å². The number of nitrogens with zero attached hydrogens (tertiary/aromatic N) is 1. The van der Waals surface area contributed by atoms with Gasteiger partial charge in [-0.3, -0.25) is 14.4 Å². The van der Waals surface area contributed by atoms with E-state index < -0.39 is 5.97 Å². The predicted molar refractivity (Wildman–Crippen MR) is 82.9 cm³/mol. The number of aliphatic carboxylic acids is 1. The Balaban J connectivity index is 2.37. The molecule has 120 valence electrons. The molecule has 6 heteroatoms. The summed E-state index contributed by atoms with van der Waals surface area (Å²) in [6.45, 7) is 0.511. The highest BCUT2D eigenvalue weighted by Crippen LogP contribution is 2.07. The Morgan fingerprint density at radius 3 is 2.14 bits per heavy atom. The fraction of sp³-hybridized carbons (Fsp3) is 0.438. The normalized spacial score (nSPS) is 10.1. The van der Waals surface area contributed by atoms with Crippen molar-refractivity contribution in [2.75, 3.05) is 20.6 Å². The Morgan fingerprint density at radius 2 is 1.59 bits per heavy atom. The smallest absolute Gasteiger partial charge is 0.303 e. The van der Waals surface area contributed by atoms with Gasteiger partial charge in [-0.1, -0.05) is 6.42 Å². The first-order valence-corrected chi connectivity index (χ1v) is 7.23. The molecule has 0 saturated heterocycles. The van der Waals surface area contributed by atoms with E-state index in [1.807, 2.05) is 0 Å². The van der Waals surface area contributed by atoms with Crippen molar-refractivity contribution in [2.24, 2.45) is 0 Å². The van der Waals surface area contributed by atoms with Crippen molar-refractivity contribution in [1.29, 1.82) is 0 Å². The number of carbonyl (C=O) groups excluding carboxylic acids is 2. The molecule has 1 rings (SSSR count). The standard InChI is InChI=1S/C16H22N2O4/c1-18(2)16(22)13-9-7-12(8-10-13)15(21)17-11-5-3-4-6-14(19)20/h7-10H,3-6,11H2,1-2H3,(H,17,21)(H,19,20). The maximum absolute atomic E-state index is 11.9. The molecular weight excluding hydrogens is 284 g/mol. The van der Waals surface area contributed by atoms with Gasteiger partial charge in [-0.15, -0.1) is 0 Å². The summed E-state index contributed by atoms with van der Waals surface area (Å²) in [4.78, 5) is 35.5. The van der Waals surface area contributed by atoms with Crippen LogP contribution in [0.4, 0.5) is 0 Å². The quantitative estimate of drug-likeness (QED) is 0.717. The molecule has 2 N–H and O–H groups in total. The van der Waals surface area contributed by atoms with Crippen LogP contribution in [0.15, 0.2) is 24.3 Å². The number of hydrogen-bond acceptors (Lipinski definition) is 3. The second-order valence-electron chi connectivity index (χ2n) is 5.24. The van der Waals surface area contributed by atoms with Crippen LogP contribution >= 0.6 is 0 Å². The Labute approximate surface area is 130 Å². The molecule has 0 radical (unpaired) electrons. The van der Waals surface area contributed by atoms with Gasteiger partial charge in [0.1, 0.15) is 0 Å². The number of carboxylic acid groups (broad SMARTS) is 1. The fourth-order valence-corrected chi connectivity index (χ4v) is 1.90. The zero-order chi connectivity index (χ0) is 16.5. The van der Waals surface area contributed by atoms with Crippen LogP contribution in [0.3, 0.4) is 0 Å². The lowest BCUT2D eigenvalue weighted by Gasteiger charge is -2.10. The highest BCUT2D eigenvalue weighted by molar-refractivity contribution is 5.97. The molecule has 0 aliphatic rings. The molecule has 0 fully saturated rings. The Morgan fingerprint density at radius 1 is 1.00 bits per heavy atom. The molecule has 0 aromatic heterocycles. The molecule has 0 atom stereocenters. The van der Waals surface area contributed by atoms with Crippen molar-refractivity contribution in [3.8, 4) is 0 Å². The van der Waals surface area contributed by atoms with Gasteiger partial charge in [0.25, 0.3) is 11.8 Å². The van der Waals surface area contributed by atoms with Crippen molar-refractivity contribution in [2.45, 2.75) is 25.7 Å².